The van der Waals surface area contributed by atoms with Crippen LogP contribution >= 0.6 is 0 Å². The minimum atomic E-state index is -0.845. The number of hydrogen-bond donors (Lipinski definition) is 1. The molecule has 146 valence electrons. The van der Waals surface area contributed by atoms with Crippen LogP contribution in [-0.2, 0) is 16.0 Å². The van der Waals surface area contributed by atoms with E-state index < -0.39 is 11.6 Å². The van der Waals surface area contributed by atoms with E-state index in [0.717, 1.165) is 42.4 Å². The molecule has 4 rings (SSSR count). The van der Waals surface area contributed by atoms with Gasteiger partial charge in [0.15, 0.2) is 11.4 Å². The molecule has 1 spiro atoms. The molecule has 0 bridgehead atoms. The average molecular weight is 380 g/mol. The lowest BCUT2D eigenvalue weighted by Crippen LogP contribution is -2.34. The molecular weight excluding hydrogens is 355 g/mol. The quantitative estimate of drug-likeness (QED) is 0.675. The molecule has 2 aliphatic rings. The van der Waals surface area contributed by atoms with Crippen LogP contribution in [0.15, 0.2) is 42.2 Å². The summed E-state index contributed by atoms with van der Waals surface area (Å²) in [4.78, 5) is 12.5. The molecule has 1 aliphatic heterocycles. The van der Waals surface area contributed by atoms with Crippen LogP contribution in [-0.4, -0.2) is 16.7 Å². The molecule has 3 nitrogen and oxygen atoms in total. The monoisotopic (exact) mass is 380 g/mol. The molecule has 2 aromatic carbocycles. The molecule has 0 aromatic heterocycles. The third-order valence-corrected chi connectivity index (χ3v) is 6.04. The van der Waals surface area contributed by atoms with E-state index in [2.05, 4.69) is 0 Å². The summed E-state index contributed by atoms with van der Waals surface area (Å²) in [6.07, 6.45) is 5.10. The van der Waals surface area contributed by atoms with Crippen LogP contribution in [0.1, 0.15) is 55.7 Å². The maximum Gasteiger partial charge on any atom is 0.343 e. The van der Waals surface area contributed by atoms with Crippen molar-refractivity contribution in [2.24, 2.45) is 0 Å². The highest BCUT2D eigenvalue weighted by molar-refractivity contribution is 6.19. The Hall–Kier alpha value is -2.62. The van der Waals surface area contributed by atoms with Crippen molar-refractivity contribution in [1.29, 1.82) is 0 Å². The van der Waals surface area contributed by atoms with E-state index in [1.807, 2.05) is 19.9 Å². The summed E-state index contributed by atoms with van der Waals surface area (Å²) in [6, 6.07) is 10.7. The van der Waals surface area contributed by atoms with Crippen molar-refractivity contribution >= 4 is 11.5 Å². The first kappa shape index (κ1) is 18.7. The lowest BCUT2D eigenvalue weighted by atomic mass is 9.82. The van der Waals surface area contributed by atoms with Gasteiger partial charge in [-0.2, -0.15) is 0 Å². The standard InChI is InChI=1S/C24H25FO3/c1-3-16-13-15(2)20(19(25)14-16)17-7-9-18(10-8-17)21-22(26)24(28-23(21)27)11-5-4-6-12-24/h7-10,13-14,26H,3-6,11-12H2,1-2H3. The highest BCUT2D eigenvalue weighted by Crippen LogP contribution is 2.45. The van der Waals surface area contributed by atoms with E-state index in [1.54, 1.807) is 30.3 Å². The van der Waals surface area contributed by atoms with Gasteiger partial charge in [-0.15, -0.1) is 0 Å². The summed E-state index contributed by atoms with van der Waals surface area (Å²) < 4.78 is 20.2. The minimum absolute atomic E-state index is 0.0552. The number of hydrogen-bond acceptors (Lipinski definition) is 3. The molecule has 1 aliphatic carbocycles. The Morgan fingerprint density at radius 2 is 1.71 bits per heavy atom. The van der Waals surface area contributed by atoms with Gasteiger partial charge in [0.25, 0.3) is 0 Å². The van der Waals surface area contributed by atoms with Crippen LogP contribution in [0.25, 0.3) is 16.7 Å². The number of benzene rings is 2. The van der Waals surface area contributed by atoms with Gasteiger partial charge >= 0.3 is 5.97 Å². The summed E-state index contributed by atoms with van der Waals surface area (Å²) in [7, 11) is 0. The van der Waals surface area contributed by atoms with Crippen LogP contribution in [0.2, 0.25) is 0 Å². The SMILES string of the molecule is CCc1cc(C)c(-c2ccc(C3=C(O)C4(CCCCC4)OC3=O)cc2)c(F)c1. The van der Waals surface area contributed by atoms with Crippen molar-refractivity contribution in [3.05, 3.63) is 64.7 Å². The Bertz CT molecular complexity index is 927. The lowest BCUT2D eigenvalue weighted by Gasteiger charge is -2.31. The Balaban J connectivity index is 1.70. The van der Waals surface area contributed by atoms with Gasteiger partial charge in [-0.25, -0.2) is 9.18 Å². The summed E-state index contributed by atoms with van der Waals surface area (Å²) >= 11 is 0. The predicted molar refractivity (Wildman–Crippen MR) is 107 cm³/mol. The molecule has 0 atom stereocenters. The molecule has 0 amide bonds. The highest BCUT2D eigenvalue weighted by atomic mass is 19.1. The fraction of sp³-hybridized carbons (Fsp3) is 0.375. The van der Waals surface area contributed by atoms with Gasteiger partial charge in [-0.3, -0.25) is 0 Å². The number of aliphatic hydroxyl groups excluding tert-OH is 1. The molecule has 1 N–H and O–H groups in total. The van der Waals surface area contributed by atoms with Crippen LogP contribution < -0.4 is 0 Å². The summed E-state index contributed by atoms with van der Waals surface area (Å²) in [6.45, 7) is 3.91. The third-order valence-electron chi connectivity index (χ3n) is 6.04. The largest absolute Gasteiger partial charge is 0.507 e. The van der Waals surface area contributed by atoms with Crippen LogP contribution in [0.4, 0.5) is 4.39 Å². The van der Waals surface area contributed by atoms with Gasteiger partial charge in [0.05, 0.1) is 0 Å². The maximum atomic E-state index is 14.6. The first-order valence-electron chi connectivity index (χ1n) is 10.0. The zero-order valence-electron chi connectivity index (χ0n) is 16.3. The van der Waals surface area contributed by atoms with E-state index >= 15 is 0 Å². The van der Waals surface area contributed by atoms with Crippen LogP contribution in [0, 0.1) is 12.7 Å². The lowest BCUT2D eigenvalue weighted by molar-refractivity contribution is -0.149. The summed E-state index contributed by atoms with van der Waals surface area (Å²) in [5.74, 6) is -0.658. The Morgan fingerprint density at radius 1 is 1.07 bits per heavy atom. The molecule has 28 heavy (non-hydrogen) atoms. The van der Waals surface area contributed by atoms with Crippen molar-refractivity contribution < 1.29 is 19.0 Å². The van der Waals surface area contributed by atoms with E-state index in [9.17, 15) is 14.3 Å². The van der Waals surface area contributed by atoms with E-state index in [-0.39, 0.29) is 17.1 Å². The normalized spacial score (nSPS) is 18.6. The molecule has 1 fully saturated rings. The van der Waals surface area contributed by atoms with E-state index in [0.29, 0.717) is 24.0 Å². The fourth-order valence-electron chi connectivity index (χ4n) is 4.51. The van der Waals surface area contributed by atoms with Crippen molar-refractivity contribution in [1.82, 2.24) is 0 Å². The number of carbonyl (C=O) groups excluding carboxylic acids is 1. The second kappa shape index (κ2) is 7.08. The summed E-state index contributed by atoms with van der Waals surface area (Å²) in [5.41, 5.74) is 3.18. The smallest absolute Gasteiger partial charge is 0.343 e. The zero-order valence-corrected chi connectivity index (χ0v) is 16.3. The van der Waals surface area contributed by atoms with Gasteiger partial charge < -0.3 is 9.84 Å². The van der Waals surface area contributed by atoms with Gasteiger partial charge in [-0.1, -0.05) is 43.7 Å². The first-order valence-corrected chi connectivity index (χ1v) is 10.0. The van der Waals surface area contributed by atoms with Crippen LogP contribution in [0.3, 0.4) is 0 Å². The number of ether oxygens (including phenoxy) is 1. The molecule has 4 heteroatoms. The van der Waals surface area contributed by atoms with Gasteiger partial charge in [0.2, 0.25) is 0 Å². The molecule has 0 unspecified atom stereocenters. The van der Waals surface area contributed by atoms with E-state index in [4.69, 9.17) is 4.74 Å². The first-order chi connectivity index (χ1) is 13.4. The number of esters is 1. The van der Waals surface area contributed by atoms with Crippen molar-refractivity contribution in [3.63, 3.8) is 0 Å². The number of halogens is 1. The zero-order chi connectivity index (χ0) is 19.9. The minimum Gasteiger partial charge on any atom is -0.507 e. The number of aliphatic hydroxyl groups is 1. The number of rotatable bonds is 3. The predicted octanol–water partition coefficient (Wildman–Crippen LogP) is 5.89. The number of aryl methyl sites for hydroxylation is 2. The Labute approximate surface area is 164 Å². The highest BCUT2D eigenvalue weighted by Gasteiger charge is 2.48. The van der Waals surface area contributed by atoms with Crippen molar-refractivity contribution in [3.8, 4) is 11.1 Å². The fourth-order valence-corrected chi connectivity index (χ4v) is 4.51. The molecule has 1 saturated carbocycles. The van der Waals surface area contributed by atoms with Crippen LogP contribution in [0.5, 0.6) is 0 Å². The Morgan fingerprint density at radius 3 is 2.32 bits per heavy atom. The second-order valence-electron chi connectivity index (χ2n) is 7.87. The number of carbonyl (C=O) groups is 1. The third kappa shape index (κ3) is 3.01. The van der Waals surface area contributed by atoms with Crippen molar-refractivity contribution in [2.75, 3.05) is 0 Å². The average Bonchev–Trinajstić information content (AvgIpc) is 2.92. The Kier molecular flexibility index (Phi) is 4.74. The van der Waals surface area contributed by atoms with Gasteiger partial charge in [0.1, 0.15) is 11.4 Å². The van der Waals surface area contributed by atoms with E-state index in [1.165, 1.54) is 0 Å². The molecule has 0 saturated heterocycles. The van der Waals surface area contributed by atoms with Gasteiger partial charge in [0, 0.05) is 5.56 Å². The second-order valence-corrected chi connectivity index (χ2v) is 7.87. The summed E-state index contributed by atoms with van der Waals surface area (Å²) in [5, 5.41) is 10.8. The topological polar surface area (TPSA) is 46.5 Å². The molecule has 2 aromatic rings. The molecular formula is C24H25FO3. The van der Waals surface area contributed by atoms with Crippen molar-refractivity contribution in [2.45, 2.75) is 58.0 Å². The van der Waals surface area contributed by atoms with Gasteiger partial charge in [-0.05, 0) is 67.3 Å². The molecule has 0 radical (unpaired) electrons. The molecule has 1 heterocycles. The maximum absolute atomic E-state index is 14.6.